The zero-order valence-corrected chi connectivity index (χ0v) is 20.0. The van der Waals surface area contributed by atoms with Gasteiger partial charge in [0.15, 0.2) is 16.1 Å². The standard InChI is InChI=1S/C21H16Cl2N6O2S2/c22-15-7-6-14(10-16(15)23)29-17(11-25-19(31)13-4-2-1-3-5-13)27-28-21(29)33-12-18(30)26-20-24-8-9-32-20/h1-10H,11-12H2,(H,25,31)(H,24,26,30). The average Bonchev–Trinajstić information content (AvgIpc) is 3.48. The van der Waals surface area contributed by atoms with Crippen LogP contribution < -0.4 is 10.6 Å². The number of hydrogen-bond donors (Lipinski definition) is 2. The molecule has 0 atom stereocenters. The third kappa shape index (κ3) is 5.91. The lowest BCUT2D eigenvalue weighted by Gasteiger charge is -2.12. The molecule has 4 aromatic rings. The Morgan fingerprint density at radius 1 is 1.06 bits per heavy atom. The molecule has 168 valence electrons. The maximum Gasteiger partial charge on any atom is 0.251 e. The molecular formula is C21H16Cl2N6O2S2. The molecule has 0 unspecified atom stereocenters. The van der Waals surface area contributed by atoms with E-state index in [9.17, 15) is 9.59 Å². The lowest BCUT2D eigenvalue weighted by molar-refractivity contribution is -0.113. The Morgan fingerprint density at radius 2 is 1.88 bits per heavy atom. The summed E-state index contributed by atoms with van der Waals surface area (Å²) in [6.07, 6.45) is 1.62. The molecule has 0 saturated carbocycles. The van der Waals surface area contributed by atoms with Crippen molar-refractivity contribution in [1.29, 1.82) is 0 Å². The van der Waals surface area contributed by atoms with Crippen molar-refractivity contribution in [1.82, 2.24) is 25.1 Å². The second kappa shape index (κ2) is 10.8. The van der Waals surface area contributed by atoms with E-state index < -0.39 is 0 Å². The predicted molar refractivity (Wildman–Crippen MR) is 130 cm³/mol. The highest BCUT2D eigenvalue weighted by molar-refractivity contribution is 7.99. The summed E-state index contributed by atoms with van der Waals surface area (Å²) in [4.78, 5) is 28.8. The number of carbonyl (C=O) groups is 2. The molecule has 4 rings (SSSR count). The van der Waals surface area contributed by atoms with Gasteiger partial charge in [0.1, 0.15) is 0 Å². The summed E-state index contributed by atoms with van der Waals surface area (Å²) in [5.41, 5.74) is 1.19. The first-order chi connectivity index (χ1) is 16.0. The molecule has 8 nitrogen and oxygen atoms in total. The first kappa shape index (κ1) is 23.2. The monoisotopic (exact) mass is 518 g/mol. The highest BCUT2D eigenvalue weighted by atomic mass is 35.5. The quantitative estimate of drug-likeness (QED) is 0.328. The van der Waals surface area contributed by atoms with Crippen LogP contribution in [0.1, 0.15) is 16.2 Å². The van der Waals surface area contributed by atoms with Crippen LogP contribution in [0, 0.1) is 0 Å². The van der Waals surface area contributed by atoms with E-state index in [1.807, 2.05) is 6.07 Å². The molecule has 0 saturated heterocycles. The average molecular weight is 519 g/mol. The lowest BCUT2D eigenvalue weighted by atomic mass is 10.2. The topological polar surface area (TPSA) is 102 Å². The first-order valence-electron chi connectivity index (χ1n) is 9.56. The Morgan fingerprint density at radius 3 is 2.61 bits per heavy atom. The van der Waals surface area contributed by atoms with Gasteiger partial charge >= 0.3 is 0 Å². The maximum atomic E-state index is 12.5. The Hall–Kier alpha value is -2.92. The largest absolute Gasteiger partial charge is 0.345 e. The summed E-state index contributed by atoms with van der Waals surface area (Å²) in [5.74, 6) is 0.101. The van der Waals surface area contributed by atoms with Crippen molar-refractivity contribution in [2.45, 2.75) is 11.7 Å². The van der Waals surface area contributed by atoms with Gasteiger partial charge < -0.3 is 10.6 Å². The third-order valence-electron chi connectivity index (χ3n) is 4.32. The van der Waals surface area contributed by atoms with Gasteiger partial charge in [-0.3, -0.25) is 14.2 Å². The van der Waals surface area contributed by atoms with Crippen LogP contribution in [0.5, 0.6) is 0 Å². The van der Waals surface area contributed by atoms with Gasteiger partial charge in [0.05, 0.1) is 28.0 Å². The number of nitrogens with one attached hydrogen (secondary N) is 2. The second-order valence-corrected chi connectivity index (χ2v) is 9.21. The van der Waals surface area contributed by atoms with Crippen molar-refractivity contribution in [2.24, 2.45) is 0 Å². The van der Waals surface area contributed by atoms with E-state index in [2.05, 4.69) is 25.8 Å². The van der Waals surface area contributed by atoms with Gasteiger partial charge in [0.2, 0.25) is 5.91 Å². The molecule has 2 aromatic carbocycles. The molecule has 0 fully saturated rings. The van der Waals surface area contributed by atoms with Crippen LogP contribution in [-0.4, -0.2) is 37.3 Å². The molecule has 0 aliphatic heterocycles. The van der Waals surface area contributed by atoms with Gasteiger partial charge in [-0.1, -0.05) is 53.2 Å². The second-order valence-electron chi connectivity index (χ2n) is 6.56. The minimum Gasteiger partial charge on any atom is -0.345 e. The Balaban J connectivity index is 1.54. The fourth-order valence-corrected chi connectivity index (χ4v) is 4.42. The highest BCUT2D eigenvalue weighted by Crippen LogP contribution is 2.28. The van der Waals surface area contributed by atoms with Crippen LogP contribution in [0.2, 0.25) is 10.0 Å². The van der Waals surface area contributed by atoms with Crippen molar-refractivity contribution < 1.29 is 9.59 Å². The fraction of sp³-hybridized carbons (Fsp3) is 0.0952. The number of thioether (sulfide) groups is 1. The van der Waals surface area contributed by atoms with Gasteiger partial charge in [-0.05, 0) is 30.3 Å². The SMILES string of the molecule is O=C(CSc1nnc(CNC(=O)c2ccccc2)n1-c1ccc(Cl)c(Cl)c1)Nc1nccs1. The van der Waals surface area contributed by atoms with Crippen molar-refractivity contribution in [2.75, 3.05) is 11.1 Å². The molecule has 2 heterocycles. The first-order valence-corrected chi connectivity index (χ1v) is 12.2. The maximum absolute atomic E-state index is 12.5. The lowest BCUT2D eigenvalue weighted by Crippen LogP contribution is -2.24. The molecule has 2 amide bonds. The van der Waals surface area contributed by atoms with Crippen molar-refractivity contribution in [3.05, 3.63) is 81.5 Å². The molecule has 12 heteroatoms. The summed E-state index contributed by atoms with van der Waals surface area (Å²) in [6.45, 7) is 0.118. The zero-order valence-electron chi connectivity index (χ0n) is 16.9. The summed E-state index contributed by atoms with van der Waals surface area (Å²) in [7, 11) is 0. The van der Waals surface area contributed by atoms with Crippen LogP contribution in [0.3, 0.4) is 0 Å². The molecule has 0 aliphatic rings. The highest BCUT2D eigenvalue weighted by Gasteiger charge is 2.18. The molecule has 33 heavy (non-hydrogen) atoms. The van der Waals surface area contributed by atoms with Crippen LogP contribution in [0.4, 0.5) is 5.13 Å². The van der Waals surface area contributed by atoms with E-state index in [0.717, 1.165) is 0 Å². The number of halogens is 2. The van der Waals surface area contributed by atoms with E-state index in [0.29, 0.717) is 37.4 Å². The molecule has 0 spiro atoms. The Kier molecular flexibility index (Phi) is 7.61. The fourth-order valence-electron chi connectivity index (χ4n) is 2.81. The van der Waals surface area contributed by atoms with E-state index in [-0.39, 0.29) is 24.1 Å². The Bertz CT molecular complexity index is 1270. The van der Waals surface area contributed by atoms with Crippen LogP contribution >= 0.6 is 46.3 Å². The number of carbonyl (C=O) groups excluding carboxylic acids is 2. The van der Waals surface area contributed by atoms with Gasteiger partial charge in [0.25, 0.3) is 5.91 Å². The van der Waals surface area contributed by atoms with Crippen LogP contribution in [-0.2, 0) is 11.3 Å². The normalized spacial score (nSPS) is 10.7. The predicted octanol–water partition coefficient (Wildman–Crippen LogP) is 4.69. The smallest absolute Gasteiger partial charge is 0.251 e. The number of anilines is 1. The summed E-state index contributed by atoms with van der Waals surface area (Å²) < 4.78 is 1.73. The van der Waals surface area contributed by atoms with E-state index in [1.54, 1.807) is 58.6 Å². The van der Waals surface area contributed by atoms with Crippen LogP contribution in [0.15, 0.2) is 65.3 Å². The summed E-state index contributed by atoms with van der Waals surface area (Å²) in [6, 6.07) is 14.0. The molecule has 0 radical (unpaired) electrons. The van der Waals surface area contributed by atoms with E-state index in [4.69, 9.17) is 23.2 Å². The summed E-state index contributed by atoms with van der Waals surface area (Å²) in [5, 5.41) is 17.5. The number of aromatic nitrogens is 4. The van der Waals surface area contributed by atoms with E-state index >= 15 is 0 Å². The summed E-state index contributed by atoms with van der Waals surface area (Å²) >= 11 is 14.8. The minimum absolute atomic E-state index is 0.0927. The van der Waals surface area contributed by atoms with Gasteiger partial charge in [-0.2, -0.15) is 0 Å². The third-order valence-corrected chi connectivity index (χ3v) is 6.67. The molecule has 0 aliphatic carbocycles. The number of hydrogen-bond acceptors (Lipinski definition) is 7. The van der Waals surface area contributed by atoms with E-state index in [1.165, 1.54) is 23.1 Å². The molecule has 2 N–H and O–H groups in total. The number of rotatable bonds is 8. The van der Waals surface area contributed by atoms with Crippen molar-refractivity contribution >= 4 is 63.2 Å². The molecule has 2 aromatic heterocycles. The van der Waals surface area contributed by atoms with Gasteiger partial charge in [-0.25, -0.2) is 4.98 Å². The number of amides is 2. The number of benzene rings is 2. The molecule has 0 bridgehead atoms. The van der Waals surface area contributed by atoms with Crippen molar-refractivity contribution in [3.63, 3.8) is 0 Å². The van der Waals surface area contributed by atoms with Crippen molar-refractivity contribution in [3.8, 4) is 5.69 Å². The van der Waals surface area contributed by atoms with Crippen LogP contribution in [0.25, 0.3) is 5.69 Å². The van der Waals surface area contributed by atoms with Gasteiger partial charge in [0, 0.05) is 17.1 Å². The number of nitrogens with zero attached hydrogens (tertiary/aromatic N) is 4. The molecular weight excluding hydrogens is 503 g/mol. The Labute approximate surface area is 207 Å². The van der Waals surface area contributed by atoms with Gasteiger partial charge in [-0.15, -0.1) is 21.5 Å². The minimum atomic E-state index is -0.240. The number of thiazole rings is 1. The zero-order chi connectivity index (χ0) is 23.2.